The highest BCUT2D eigenvalue weighted by atomic mass is 16.5. The van der Waals surface area contributed by atoms with Gasteiger partial charge in [0.25, 0.3) is 5.91 Å². The van der Waals surface area contributed by atoms with Crippen LogP contribution in [0.5, 0.6) is 0 Å². The van der Waals surface area contributed by atoms with Crippen molar-refractivity contribution < 1.29 is 14.3 Å². The van der Waals surface area contributed by atoms with E-state index < -0.39 is 5.97 Å². The zero-order valence-corrected chi connectivity index (χ0v) is 17.4. The molecule has 1 aliphatic heterocycles. The molecule has 154 valence electrons. The molecule has 1 unspecified atom stereocenters. The predicted octanol–water partition coefficient (Wildman–Crippen LogP) is 2.81. The van der Waals surface area contributed by atoms with Crippen molar-refractivity contribution in [3.8, 4) is 0 Å². The van der Waals surface area contributed by atoms with Gasteiger partial charge in [0.1, 0.15) is 0 Å². The highest BCUT2D eigenvalue weighted by molar-refractivity contribution is 5.91. The molecule has 0 aromatic heterocycles. The van der Waals surface area contributed by atoms with Gasteiger partial charge in [0, 0.05) is 52.0 Å². The number of hydrogen-bond acceptors (Lipinski definition) is 5. The molecule has 6 nitrogen and oxygen atoms in total. The minimum atomic E-state index is -0.472. The fourth-order valence-corrected chi connectivity index (χ4v) is 3.50. The summed E-state index contributed by atoms with van der Waals surface area (Å²) in [5, 5.41) is 0. The van der Waals surface area contributed by atoms with Crippen LogP contribution in [-0.2, 0) is 9.53 Å². The molecule has 0 saturated carbocycles. The van der Waals surface area contributed by atoms with Gasteiger partial charge in [0.05, 0.1) is 5.56 Å². The summed E-state index contributed by atoms with van der Waals surface area (Å²) in [7, 11) is 3.87. The first-order valence-corrected chi connectivity index (χ1v) is 9.97. The maximum atomic E-state index is 12.4. The Balaban J connectivity index is 1.45. The van der Waals surface area contributed by atoms with Gasteiger partial charge >= 0.3 is 5.97 Å². The maximum Gasteiger partial charge on any atom is 0.338 e. The molecule has 1 aliphatic rings. The third-order valence-corrected chi connectivity index (χ3v) is 5.44. The fraction of sp³-hybridized carbons (Fsp3) is 0.391. The summed E-state index contributed by atoms with van der Waals surface area (Å²) in [5.74, 6) is -0.615. The average molecular weight is 396 g/mol. The van der Waals surface area contributed by atoms with E-state index in [0.29, 0.717) is 24.7 Å². The number of anilines is 1. The van der Waals surface area contributed by atoms with Gasteiger partial charge in [-0.25, -0.2) is 4.79 Å². The summed E-state index contributed by atoms with van der Waals surface area (Å²) >= 11 is 0. The van der Waals surface area contributed by atoms with Crippen molar-refractivity contribution in [2.45, 2.75) is 13.0 Å². The van der Waals surface area contributed by atoms with Crippen LogP contribution in [0.1, 0.15) is 28.9 Å². The summed E-state index contributed by atoms with van der Waals surface area (Å²) < 4.78 is 5.23. The zero-order valence-electron chi connectivity index (χ0n) is 17.4. The normalized spacial score (nSPS) is 15.6. The zero-order chi connectivity index (χ0) is 20.8. The summed E-state index contributed by atoms with van der Waals surface area (Å²) in [6.07, 6.45) is 0. The number of carbonyl (C=O) groups excluding carboxylic acids is 2. The number of carbonyl (C=O) groups is 2. The molecule has 0 aliphatic carbocycles. The summed E-state index contributed by atoms with van der Waals surface area (Å²) in [5.41, 5.74) is 2.73. The monoisotopic (exact) mass is 395 g/mol. The van der Waals surface area contributed by atoms with Crippen LogP contribution in [0.4, 0.5) is 5.69 Å². The molecule has 0 N–H and O–H groups in total. The molecule has 1 heterocycles. The predicted molar refractivity (Wildman–Crippen MR) is 114 cm³/mol. The molecule has 0 bridgehead atoms. The van der Waals surface area contributed by atoms with E-state index in [1.807, 2.05) is 49.3 Å². The van der Waals surface area contributed by atoms with Gasteiger partial charge in [-0.3, -0.25) is 9.69 Å². The SMILES string of the molecule is CC(c1ccccc1)N1CCN(C(=O)COC(=O)c2ccc(N(C)C)cc2)CC1. The molecular formula is C23H29N3O3. The van der Waals surface area contributed by atoms with E-state index in [1.54, 1.807) is 17.0 Å². The van der Waals surface area contributed by atoms with Crippen LogP contribution in [0, 0.1) is 0 Å². The molecule has 6 heteroatoms. The molecule has 2 aromatic carbocycles. The van der Waals surface area contributed by atoms with E-state index in [4.69, 9.17) is 4.74 Å². The second-order valence-electron chi connectivity index (χ2n) is 7.52. The Morgan fingerprint density at radius 3 is 2.17 bits per heavy atom. The van der Waals surface area contributed by atoms with Gasteiger partial charge in [-0.1, -0.05) is 30.3 Å². The highest BCUT2D eigenvalue weighted by Gasteiger charge is 2.25. The highest BCUT2D eigenvalue weighted by Crippen LogP contribution is 2.21. The standard InChI is InChI=1S/C23H29N3O3/c1-18(19-7-5-4-6-8-19)25-13-15-26(16-14-25)22(27)17-29-23(28)20-9-11-21(12-10-20)24(2)3/h4-12,18H,13-17H2,1-3H3. The lowest BCUT2D eigenvalue weighted by Crippen LogP contribution is -2.50. The van der Waals surface area contributed by atoms with Crippen molar-refractivity contribution in [2.75, 3.05) is 51.8 Å². The molecule has 3 rings (SSSR count). The largest absolute Gasteiger partial charge is 0.452 e. The Bertz CT molecular complexity index is 813. The Kier molecular flexibility index (Phi) is 6.88. The number of hydrogen-bond donors (Lipinski definition) is 0. The second kappa shape index (κ2) is 9.56. The van der Waals surface area contributed by atoms with Crippen LogP contribution in [0.3, 0.4) is 0 Å². The number of esters is 1. The Morgan fingerprint density at radius 2 is 1.59 bits per heavy atom. The quantitative estimate of drug-likeness (QED) is 0.704. The van der Waals surface area contributed by atoms with E-state index in [-0.39, 0.29) is 12.5 Å². The molecule has 29 heavy (non-hydrogen) atoms. The number of nitrogens with zero attached hydrogens (tertiary/aromatic N) is 3. The van der Waals surface area contributed by atoms with Crippen LogP contribution in [0.15, 0.2) is 54.6 Å². The van der Waals surface area contributed by atoms with Crippen LogP contribution in [-0.4, -0.2) is 68.6 Å². The Labute approximate surface area is 172 Å². The van der Waals surface area contributed by atoms with Gasteiger partial charge in [-0.15, -0.1) is 0 Å². The van der Waals surface area contributed by atoms with Gasteiger partial charge in [-0.2, -0.15) is 0 Å². The molecule has 1 atom stereocenters. The molecule has 1 saturated heterocycles. The minimum Gasteiger partial charge on any atom is -0.452 e. The van der Waals surface area contributed by atoms with Crippen LogP contribution >= 0.6 is 0 Å². The molecule has 0 spiro atoms. The summed E-state index contributed by atoms with van der Waals surface area (Å²) in [4.78, 5) is 30.7. The number of amides is 1. The molecule has 0 radical (unpaired) electrons. The molecule has 1 fully saturated rings. The van der Waals surface area contributed by atoms with Gasteiger partial charge in [0.2, 0.25) is 0 Å². The van der Waals surface area contributed by atoms with E-state index in [2.05, 4.69) is 24.0 Å². The van der Waals surface area contributed by atoms with Crippen molar-refractivity contribution in [3.63, 3.8) is 0 Å². The number of benzene rings is 2. The smallest absolute Gasteiger partial charge is 0.338 e. The maximum absolute atomic E-state index is 12.4. The van der Waals surface area contributed by atoms with E-state index in [9.17, 15) is 9.59 Å². The van der Waals surface area contributed by atoms with Gasteiger partial charge < -0.3 is 14.5 Å². The van der Waals surface area contributed by atoms with Gasteiger partial charge in [0.15, 0.2) is 6.61 Å². The lowest BCUT2D eigenvalue weighted by molar-refractivity contribution is -0.136. The molecule has 2 aromatic rings. The third kappa shape index (κ3) is 5.35. The second-order valence-corrected chi connectivity index (χ2v) is 7.52. The van der Waals surface area contributed by atoms with E-state index >= 15 is 0 Å². The molecular weight excluding hydrogens is 366 g/mol. The topological polar surface area (TPSA) is 53.1 Å². The van der Waals surface area contributed by atoms with Crippen molar-refractivity contribution in [1.82, 2.24) is 9.80 Å². The van der Waals surface area contributed by atoms with E-state index in [0.717, 1.165) is 18.8 Å². The van der Waals surface area contributed by atoms with E-state index in [1.165, 1.54) is 5.56 Å². The van der Waals surface area contributed by atoms with Crippen molar-refractivity contribution in [2.24, 2.45) is 0 Å². The average Bonchev–Trinajstić information content (AvgIpc) is 2.77. The Hall–Kier alpha value is -2.86. The Morgan fingerprint density at radius 1 is 0.966 bits per heavy atom. The minimum absolute atomic E-state index is 0.143. The third-order valence-electron chi connectivity index (χ3n) is 5.44. The summed E-state index contributed by atoms with van der Waals surface area (Å²) in [6.45, 7) is 4.87. The first-order valence-electron chi connectivity index (χ1n) is 9.97. The number of rotatable bonds is 6. The van der Waals surface area contributed by atoms with Crippen LogP contribution < -0.4 is 4.90 Å². The fourth-order valence-electron chi connectivity index (χ4n) is 3.50. The van der Waals surface area contributed by atoms with Crippen molar-refractivity contribution >= 4 is 17.6 Å². The number of ether oxygens (including phenoxy) is 1. The first-order chi connectivity index (χ1) is 14.0. The van der Waals surface area contributed by atoms with Crippen molar-refractivity contribution in [3.05, 3.63) is 65.7 Å². The lowest BCUT2D eigenvalue weighted by Gasteiger charge is -2.38. The summed E-state index contributed by atoms with van der Waals surface area (Å²) in [6, 6.07) is 17.8. The first kappa shape index (κ1) is 20.9. The van der Waals surface area contributed by atoms with Gasteiger partial charge in [-0.05, 0) is 36.8 Å². The van der Waals surface area contributed by atoms with Crippen LogP contribution in [0.25, 0.3) is 0 Å². The lowest BCUT2D eigenvalue weighted by atomic mass is 10.1. The molecule has 1 amide bonds. The van der Waals surface area contributed by atoms with Crippen molar-refractivity contribution in [1.29, 1.82) is 0 Å². The van der Waals surface area contributed by atoms with Crippen LogP contribution in [0.2, 0.25) is 0 Å². The number of piperazine rings is 1.